The molecule has 4 aliphatic rings. The molecule has 8 nitrogen and oxygen atoms in total. The fourth-order valence-corrected chi connectivity index (χ4v) is 9.38. The zero-order chi connectivity index (χ0) is 42.8. The van der Waals surface area contributed by atoms with Crippen LogP contribution >= 0.6 is 35.6 Å². The van der Waals surface area contributed by atoms with Crippen molar-refractivity contribution in [2.45, 2.75) is 79.6 Å². The minimum absolute atomic E-state index is 0. The van der Waals surface area contributed by atoms with Crippen molar-refractivity contribution >= 4 is 58.7 Å². The number of benzene rings is 4. The number of halogens is 3. The van der Waals surface area contributed by atoms with E-state index in [0.717, 1.165) is 90.6 Å². The summed E-state index contributed by atoms with van der Waals surface area (Å²) in [5.41, 5.74) is 11.0. The third kappa shape index (κ3) is 11.0. The first kappa shape index (κ1) is 50.3. The predicted molar refractivity (Wildman–Crippen MR) is 248 cm³/mol. The molecule has 12 heteroatoms. The van der Waals surface area contributed by atoms with Gasteiger partial charge in [0.2, 0.25) is 0 Å². The molecule has 0 aliphatic carbocycles. The summed E-state index contributed by atoms with van der Waals surface area (Å²) in [5, 5.41) is 10.9. The Morgan fingerprint density at radius 1 is 0.726 bits per heavy atom. The van der Waals surface area contributed by atoms with Gasteiger partial charge in [0.25, 0.3) is 0 Å². The molecule has 326 valence electrons. The van der Waals surface area contributed by atoms with E-state index < -0.39 is 16.8 Å². The summed E-state index contributed by atoms with van der Waals surface area (Å²) in [6.07, 6.45) is 3.74. The molecular formula is C50H58Cl3KN2O6. The molecule has 0 radical (unpaired) electrons. The topological polar surface area (TPSA) is 88.5 Å². The molecule has 0 saturated carbocycles. The van der Waals surface area contributed by atoms with E-state index in [4.69, 9.17) is 37.4 Å². The number of para-hydroxylation sites is 2. The molecule has 4 aliphatic heterocycles. The molecule has 1 N–H and O–H groups in total. The van der Waals surface area contributed by atoms with E-state index in [-0.39, 0.29) is 77.2 Å². The smallest absolute Gasteiger partial charge is 1.00 e. The predicted octanol–water partition coefficient (Wildman–Crippen LogP) is 8.50. The number of carbonyl (C=O) groups is 2. The molecule has 62 heavy (non-hydrogen) atoms. The number of hydrogen-bond acceptors (Lipinski definition) is 7. The molecule has 8 rings (SSSR count). The van der Waals surface area contributed by atoms with Crippen molar-refractivity contribution in [3.63, 3.8) is 0 Å². The third-order valence-electron chi connectivity index (χ3n) is 12.8. The van der Waals surface area contributed by atoms with Crippen LogP contribution in [0.5, 0.6) is 11.5 Å². The summed E-state index contributed by atoms with van der Waals surface area (Å²) in [6, 6.07) is 28.7. The number of esters is 1. The Balaban J connectivity index is 0.000000264. The molecule has 2 saturated heterocycles. The number of carbonyl (C=O) groups excluding carboxylic acids is 1. The largest absolute Gasteiger partial charge is 1.00 e. The summed E-state index contributed by atoms with van der Waals surface area (Å²) < 4.78 is 17.3. The number of fused-ring (bicyclic) bond motifs is 4. The molecule has 0 bridgehead atoms. The van der Waals surface area contributed by atoms with E-state index in [1.54, 1.807) is 13.8 Å². The number of methoxy groups -OCH3 is 1. The normalized spacial score (nSPS) is 17.0. The van der Waals surface area contributed by atoms with E-state index in [9.17, 15) is 14.7 Å². The van der Waals surface area contributed by atoms with Crippen LogP contribution in [0.4, 0.5) is 0 Å². The van der Waals surface area contributed by atoms with Crippen molar-refractivity contribution < 1.29 is 81.7 Å². The Hall–Kier alpha value is -2.67. The van der Waals surface area contributed by atoms with Crippen molar-refractivity contribution in [3.8, 4) is 11.5 Å². The number of rotatable bonds is 6. The number of nitrogens with zero attached hydrogens (tertiary/aromatic N) is 2. The van der Waals surface area contributed by atoms with E-state index >= 15 is 0 Å². The molecule has 0 amide bonds. The average Bonchev–Trinajstić information content (AvgIpc) is 3.51. The van der Waals surface area contributed by atoms with Gasteiger partial charge in [0, 0.05) is 59.9 Å². The van der Waals surface area contributed by atoms with Gasteiger partial charge in [-0.25, -0.2) is 0 Å². The zero-order valence-corrected chi connectivity index (χ0v) is 42.4. The fraction of sp³-hybridized carbons (Fsp3) is 0.400. The van der Waals surface area contributed by atoms with Crippen LogP contribution in [0.25, 0.3) is 11.1 Å². The van der Waals surface area contributed by atoms with Gasteiger partial charge in [-0.05, 0) is 130 Å². The van der Waals surface area contributed by atoms with Gasteiger partial charge in [-0.1, -0.05) is 82.9 Å². The van der Waals surface area contributed by atoms with E-state index in [0.29, 0.717) is 24.8 Å². The van der Waals surface area contributed by atoms with Gasteiger partial charge < -0.3 is 25.6 Å². The maximum atomic E-state index is 12.3. The van der Waals surface area contributed by atoms with Crippen LogP contribution in [0.2, 0.25) is 10.0 Å². The molecule has 1 atom stereocenters. The summed E-state index contributed by atoms with van der Waals surface area (Å²) in [4.78, 5) is 28.4. The number of carboxylic acid groups (broad SMARTS) is 1. The maximum Gasteiger partial charge on any atom is 1.00 e. The van der Waals surface area contributed by atoms with Crippen LogP contribution in [0.3, 0.4) is 0 Å². The second-order valence-corrected chi connectivity index (χ2v) is 18.4. The van der Waals surface area contributed by atoms with Gasteiger partial charge in [0.05, 0.1) is 17.9 Å². The average molecular weight is 928 g/mol. The molecule has 0 spiro atoms. The molecule has 4 aromatic carbocycles. The Morgan fingerprint density at radius 2 is 1.16 bits per heavy atom. The van der Waals surface area contributed by atoms with Crippen LogP contribution in [-0.4, -0.2) is 72.7 Å². The number of aliphatic carboxylic acids is 1. The minimum Gasteiger partial charge on any atom is -1.00 e. The van der Waals surface area contributed by atoms with Crippen molar-refractivity contribution in [1.82, 2.24) is 9.80 Å². The molecule has 4 heterocycles. The van der Waals surface area contributed by atoms with Crippen LogP contribution in [0.1, 0.15) is 95.1 Å². The molecular weight excluding hydrogens is 870 g/mol. The van der Waals surface area contributed by atoms with Gasteiger partial charge in [-0.3, -0.25) is 14.5 Å². The first-order valence-corrected chi connectivity index (χ1v) is 21.7. The fourth-order valence-electron chi connectivity index (χ4n) is 8.99. The van der Waals surface area contributed by atoms with Crippen LogP contribution in [-0.2, 0) is 27.5 Å². The van der Waals surface area contributed by atoms with Gasteiger partial charge in [0.15, 0.2) is 0 Å². The van der Waals surface area contributed by atoms with Gasteiger partial charge >= 0.3 is 63.3 Å². The van der Waals surface area contributed by atoms with Crippen molar-refractivity contribution in [2.24, 2.45) is 10.8 Å². The van der Waals surface area contributed by atoms with E-state index in [1.807, 2.05) is 68.4 Å². The molecule has 1 unspecified atom stereocenters. The Morgan fingerprint density at radius 3 is 1.60 bits per heavy atom. The summed E-state index contributed by atoms with van der Waals surface area (Å²) in [6.45, 7) is 14.8. The third-order valence-corrected chi connectivity index (χ3v) is 13.3. The van der Waals surface area contributed by atoms with Crippen molar-refractivity contribution in [3.05, 3.63) is 140 Å². The maximum absolute atomic E-state index is 12.3. The Kier molecular flexibility index (Phi) is 17.5. The Labute approximate surface area is 427 Å². The summed E-state index contributed by atoms with van der Waals surface area (Å²) >= 11 is 12.5. The number of hydrogen-bond donors (Lipinski definition) is 1. The van der Waals surface area contributed by atoms with Gasteiger partial charge in [-0.2, -0.15) is 0 Å². The second-order valence-electron chi connectivity index (χ2n) is 17.5. The van der Waals surface area contributed by atoms with Crippen LogP contribution < -0.4 is 60.9 Å². The first-order valence-electron chi connectivity index (χ1n) is 20.9. The molecule has 0 aromatic heterocycles. The van der Waals surface area contributed by atoms with Crippen molar-refractivity contribution in [1.29, 1.82) is 0 Å². The van der Waals surface area contributed by atoms with E-state index in [1.165, 1.54) is 40.5 Å². The number of ether oxygens (including phenoxy) is 3. The molecule has 4 aromatic rings. The van der Waals surface area contributed by atoms with Crippen LogP contribution in [0.15, 0.2) is 96.1 Å². The van der Waals surface area contributed by atoms with Gasteiger partial charge in [0.1, 0.15) is 24.7 Å². The van der Waals surface area contributed by atoms with E-state index in [2.05, 4.69) is 47.1 Å². The SMILES string of the molecule is CC(C)(CN1CCC(=C2c3ccc(Cl)cc3COc3ccccc32)CC1)C(=O)O.COC(=O)C(C)(C)C(C)N1CCC(=C2c3ccc(Cl)cc3COc3ccccc32)CC1.Cl.[H-].[K+]. The standard InChI is InChI=1S/C26H30ClNO3.C24H26ClNO3.ClH.K.H/c1-17(26(2,3)25(29)30-4)28-13-11-18(12-14-28)24-21-10-9-20(27)15-19(21)16-31-23-8-6-5-7-22(23)24;1-24(2,23(27)28)15-26-11-9-16(10-12-26)22-19-8-7-18(25)13-17(19)14-29-21-6-4-3-5-20(21)22;;;/h5-10,15,17H,11-14,16H2,1-4H3;3-8,13H,9-12,14-15H2,1-2H3,(H,27,28);1H;;/q;;;+1;-1. The number of likely N-dealkylation sites (tertiary alicyclic amines) is 2. The number of piperidine rings is 2. The molecule has 2 fully saturated rings. The monoisotopic (exact) mass is 926 g/mol. The summed E-state index contributed by atoms with van der Waals surface area (Å²) in [7, 11) is 1.46. The van der Waals surface area contributed by atoms with Crippen LogP contribution in [0, 0.1) is 10.8 Å². The number of carboxylic acids is 1. The second kappa shape index (κ2) is 21.5. The zero-order valence-electron chi connectivity index (χ0n) is 38.0. The quantitative estimate of drug-likeness (QED) is 0.152. The Bertz CT molecular complexity index is 2330. The summed E-state index contributed by atoms with van der Waals surface area (Å²) in [5.74, 6) is 0.906. The minimum atomic E-state index is -0.748. The first-order chi connectivity index (χ1) is 28.7. The van der Waals surface area contributed by atoms with Crippen molar-refractivity contribution in [2.75, 3.05) is 39.8 Å². The van der Waals surface area contributed by atoms with Gasteiger partial charge in [-0.15, -0.1) is 12.4 Å².